The lowest BCUT2D eigenvalue weighted by Crippen LogP contribution is -2.27. The van der Waals surface area contributed by atoms with Crippen LogP contribution >= 0.6 is 12.4 Å². The van der Waals surface area contributed by atoms with Crippen LogP contribution < -0.4 is 25.1 Å². The van der Waals surface area contributed by atoms with Crippen molar-refractivity contribution in [1.29, 1.82) is 0 Å². The maximum atomic E-state index is 13.9. The molecule has 1 aromatic heterocycles. The third-order valence-corrected chi connectivity index (χ3v) is 6.48. The number of hydrogen-bond acceptors (Lipinski definition) is 7. The molecular formula is C28H27ClN2O6. The van der Waals surface area contributed by atoms with E-state index in [-0.39, 0.29) is 23.7 Å². The van der Waals surface area contributed by atoms with Gasteiger partial charge in [0, 0.05) is 23.2 Å². The minimum Gasteiger partial charge on any atom is -0.493 e. The zero-order chi connectivity index (χ0) is 25.4. The first-order valence-corrected chi connectivity index (χ1v) is 11.5. The van der Waals surface area contributed by atoms with Crippen molar-refractivity contribution in [2.75, 3.05) is 40.3 Å². The Morgan fingerprint density at radius 3 is 2.19 bits per heavy atom. The summed E-state index contributed by atoms with van der Waals surface area (Å²) in [4.78, 5) is 27.2. The van der Waals surface area contributed by atoms with Gasteiger partial charge in [0.15, 0.2) is 11.5 Å². The van der Waals surface area contributed by atoms with Crippen molar-refractivity contribution in [3.63, 3.8) is 0 Å². The van der Waals surface area contributed by atoms with E-state index in [9.17, 15) is 9.59 Å². The van der Waals surface area contributed by atoms with Crippen molar-refractivity contribution >= 4 is 34.8 Å². The quantitative estimate of drug-likeness (QED) is 0.362. The smallest absolute Gasteiger partial charge is 0.355 e. The van der Waals surface area contributed by atoms with Crippen molar-refractivity contribution in [3.05, 3.63) is 76.2 Å². The first kappa shape index (κ1) is 25.9. The highest BCUT2D eigenvalue weighted by Crippen LogP contribution is 2.43. The van der Waals surface area contributed by atoms with Gasteiger partial charge in [-0.2, -0.15) is 0 Å². The van der Waals surface area contributed by atoms with E-state index in [1.807, 2.05) is 30.3 Å². The van der Waals surface area contributed by atoms with E-state index in [1.165, 1.54) is 33.0 Å². The first-order valence-electron chi connectivity index (χ1n) is 11.5. The molecule has 3 aromatic carbocycles. The van der Waals surface area contributed by atoms with Gasteiger partial charge in [0.25, 0.3) is 5.56 Å². The number of ether oxygens (including phenoxy) is 4. The number of fused-ring (bicyclic) bond motifs is 2. The molecule has 0 saturated heterocycles. The second kappa shape index (κ2) is 10.4. The van der Waals surface area contributed by atoms with E-state index >= 15 is 0 Å². The number of rotatable bonds is 6. The fraction of sp³-hybridized carbons (Fsp3) is 0.214. The van der Waals surface area contributed by atoms with E-state index in [2.05, 4.69) is 5.32 Å². The molecule has 0 amide bonds. The number of nitrogens with zero attached hydrogens (tertiary/aromatic N) is 1. The number of methoxy groups -OCH3 is 4. The van der Waals surface area contributed by atoms with Crippen molar-refractivity contribution in [2.45, 2.75) is 6.42 Å². The van der Waals surface area contributed by atoms with Gasteiger partial charge in [0.2, 0.25) is 5.75 Å². The van der Waals surface area contributed by atoms with E-state index < -0.39 is 5.97 Å². The van der Waals surface area contributed by atoms with E-state index in [4.69, 9.17) is 18.9 Å². The Balaban J connectivity index is 0.00000320. The van der Waals surface area contributed by atoms with E-state index in [1.54, 1.807) is 24.3 Å². The number of halogens is 1. The van der Waals surface area contributed by atoms with Crippen molar-refractivity contribution < 1.29 is 23.7 Å². The fourth-order valence-electron chi connectivity index (χ4n) is 4.82. The summed E-state index contributed by atoms with van der Waals surface area (Å²) in [7, 11) is 5.88. The Hall–Kier alpha value is -4.17. The summed E-state index contributed by atoms with van der Waals surface area (Å²) in [6.07, 6.45) is 0.906. The summed E-state index contributed by atoms with van der Waals surface area (Å²) in [5.41, 5.74) is 3.58. The maximum Gasteiger partial charge on any atom is 0.355 e. The summed E-state index contributed by atoms with van der Waals surface area (Å²) >= 11 is 0. The Morgan fingerprint density at radius 2 is 1.57 bits per heavy atom. The highest BCUT2D eigenvalue weighted by atomic mass is 35.5. The lowest BCUT2D eigenvalue weighted by Gasteiger charge is -2.21. The maximum absolute atomic E-state index is 13.9. The Bertz CT molecular complexity index is 1540. The van der Waals surface area contributed by atoms with Crippen LogP contribution in [-0.2, 0) is 11.2 Å². The number of pyridine rings is 1. The van der Waals surface area contributed by atoms with Crippen LogP contribution in [0.15, 0.2) is 59.4 Å². The molecule has 2 heterocycles. The van der Waals surface area contributed by atoms with E-state index in [0.29, 0.717) is 44.8 Å². The van der Waals surface area contributed by atoms with Crippen molar-refractivity contribution in [2.24, 2.45) is 0 Å². The molecule has 0 radical (unpaired) electrons. The summed E-state index contributed by atoms with van der Waals surface area (Å²) in [5, 5.41) is 4.41. The third kappa shape index (κ3) is 4.23. The predicted octanol–water partition coefficient (Wildman–Crippen LogP) is 4.86. The van der Waals surface area contributed by atoms with Crippen LogP contribution in [0.5, 0.6) is 17.2 Å². The topological polar surface area (TPSA) is 88.0 Å². The number of carbonyl (C=O) groups excluding carboxylic acids is 1. The van der Waals surface area contributed by atoms with Crippen LogP contribution in [0.4, 0.5) is 5.69 Å². The van der Waals surface area contributed by atoms with Crippen molar-refractivity contribution in [1.82, 2.24) is 4.57 Å². The molecule has 1 N–H and O–H groups in total. The zero-order valence-electron chi connectivity index (χ0n) is 20.9. The molecule has 0 fully saturated rings. The second-order valence-electron chi connectivity index (χ2n) is 8.33. The summed E-state index contributed by atoms with van der Waals surface area (Å²) in [5.74, 6) is 0.623. The molecule has 0 spiro atoms. The van der Waals surface area contributed by atoms with Gasteiger partial charge in [0.05, 0.1) is 34.1 Å². The number of hydrogen-bond donors (Lipinski definition) is 1. The van der Waals surface area contributed by atoms with Gasteiger partial charge in [-0.05, 0) is 53.3 Å². The summed E-state index contributed by atoms with van der Waals surface area (Å²) in [6.45, 7) is 0.825. The molecule has 4 aromatic rings. The van der Waals surface area contributed by atoms with Gasteiger partial charge in [-0.15, -0.1) is 12.4 Å². The molecule has 5 rings (SSSR count). The number of aromatic nitrogens is 1. The molecule has 0 atom stereocenters. The number of nitrogens with one attached hydrogen (secondary N) is 1. The van der Waals surface area contributed by atoms with Gasteiger partial charge in [-0.3, -0.25) is 9.36 Å². The lowest BCUT2D eigenvalue weighted by molar-refractivity contribution is 0.0591. The lowest BCUT2D eigenvalue weighted by atomic mass is 9.95. The molecule has 1 aliphatic rings. The molecule has 0 bridgehead atoms. The summed E-state index contributed by atoms with van der Waals surface area (Å²) < 4.78 is 23.3. The SMILES string of the molecule is COC(=O)c1c(-c2cc(OC)c(OC)c(OC)c2)c2ccccc2c(=O)n1-c1ccc2c(c1)NCC2.Cl. The normalized spacial score (nSPS) is 11.8. The molecule has 0 unspecified atom stereocenters. The van der Waals surface area contributed by atoms with Crippen molar-refractivity contribution in [3.8, 4) is 34.1 Å². The van der Waals surface area contributed by atoms with E-state index in [0.717, 1.165) is 24.2 Å². The van der Waals surface area contributed by atoms with Crippen LogP contribution in [0.25, 0.3) is 27.6 Å². The molecule has 1 aliphatic heterocycles. The molecule has 0 saturated carbocycles. The average molecular weight is 523 g/mol. The fourth-order valence-corrected chi connectivity index (χ4v) is 4.82. The van der Waals surface area contributed by atoms with Crippen LogP contribution in [0.3, 0.4) is 0 Å². The zero-order valence-corrected chi connectivity index (χ0v) is 21.7. The highest BCUT2D eigenvalue weighted by molar-refractivity contribution is 6.07. The minimum absolute atomic E-state index is 0. The Labute approximate surface area is 220 Å². The summed E-state index contributed by atoms with van der Waals surface area (Å²) in [6, 6.07) is 16.4. The number of anilines is 1. The van der Waals surface area contributed by atoms with Gasteiger partial charge >= 0.3 is 5.97 Å². The molecular weight excluding hydrogens is 496 g/mol. The molecule has 9 heteroatoms. The third-order valence-electron chi connectivity index (χ3n) is 6.48. The average Bonchev–Trinajstić information content (AvgIpc) is 3.39. The van der Waals surface area contributed by atoms with Crippen LogP contribution in [0, 0.1) is 0 Å². The largest absolute Gasteiger partial charge is 0.493 e. The van der Waals surface area contributed by atoms with Crippen LogP contribution in [0.1, 0.15) is 16.1 Å². The number of benzene rings is 3. The predicted molar refractivity (Wildman–Crippen MR) is 145 cm³/mol. The molecule has 192 valence electrons. The highest BCUT2D eigenvalue weighted by Gasteiger charge is 2.27. The Morgan fingerprint density at radius 1 is 0.892 bits per heavy atom. The van der Waals surface area contributed by atoms with Gasteiger partial charge in [-0.1, -0.05) is 24.3 Å². The number of carbonyl (C=O) groups is 1. The number of esters is 1. The minimum atomic E-state index is -0.643. The molecule has 8 nitrogen and oxygen atoms in total. The van der Waals surface area contributed by atoms with Gasteiger partial charge < -0.3 is 24.3 Å². The molecule has 37 heavy (non-hydrogen) atoms. The van der Waals surface area contributed by atoms with Crippen LogP contribution in [0.2, 0.25) is 0 Å². The Kier molecular flexibility index (Phi) is 7.31. The first-order chi connectivity index (χ1) is 17.5. The van der Waals surface area contributed by atoms with Gasteiger partial charge in [0.1, 0.15) is 5.69 Å². The molecule has 0 aliphatic carbocycles. The van der Waals surface area contributed by atoms with Crippen LogP contribution in [-0.4, -0.2) is 45.5 Å². The standard InChI is InChI=1S/C28H26N2O6.ClH/c1-33-22-13-17(14-23(34-2)26(22)35-3)24-19-7-5-6-8-20(19)27(31)30(25(24)28(32)36-4)18-10-9-16-11-12-29-21(16)15-18;/h5-10,13-15,29H,11-12H2,1-4H3;1H. The van der Waals surface area contributed by atoms with Gasteiger partial charge in [-0.25, -0.2) is 4.79 Å². The second-order valence-corrected chi connectivity index (χ2v) is 8.33. The monoisotopic (exact) mass is 522 g/mol.